The van der Waals surface area contributed by atoms with Crippen molar-refractivity contribution in [1.29, 1.82) is 0 Å². The highest BCUT2D eigenvalue weighted by Gasteiger charge is 2.23. The van der Waals surface area contributed by atoms with E-state index < -0.39 is 0 Å². The summed E-state index contributed by atoms with van der Waals surface area (Å²) in [7, 11) is 1.68. The molecule has 0 aliphatic carbocycles. The van der Waals surface area contributed by atoms with Gasteiger partial charge < -0.3 is 20.9 Å². The molecule has 0 atom stereocenters. The van der Waals surface area contributed by atoms with Gasteiger partial charge >= 0.3 is 0 Å². The molecule has 1 saturated heterocycles. The van der Waals surface area contributed by atoms with Crippen LogP contribution in [0.1, 0.15) is 46.0 Å². The highest BCUT2D eigenvalue weighted by molar-refractivity contribution is 14.0. The van der Waals surface area contributed by atoms with Crippen LogP contribution in [0, 0.1) is 5.92 Å². The fraction of sp³-hybridized carbons (Fsp3) is 0.824. The van der Waals surface area contributed by atoms with Gasteiger partial charge in [0.25, 0.3) is 0 Å². The van der Waals surface area contributed by atoms with Gasteiger partial charge in [0.2, 0.25) is 11.8 Å². The number of piperidine rings is 1. The van der Waals surface area contributed by atoms with Crippen LogP contribution in [0.3, 0.4) is 0 Å². The fourth-order valence-electron chi connectivity index (χ4n) is 2.76. The van der Waals surface area contributed by atoms with Crippen molar-refractivity contribution in [2.75, 3.05) is 39.8 Å². The van der Waals surface area contributed by atoms with Crippen LogP contribution in [-0.4, -0.2) is 62.4 Å². The normalized spacial score (nSPS) is 15.3. The molecule has 0 saturated carbocycles. The van der Waals surface area contributed by atoms with E-state index in [0.29, 0.717) is 25.3 Å². The van der Waals surface area contributed by atoms with E-state index >= 15 is 0 Å². The van der Waals surface area contributed by atoms with Gasteiger partial charge in [-0.25, -0.2) is 0 Å². The molecule has 1 heterocycles. The van der Waals surface area contributed by atoms with Crippen LogP contribution in [0.4, 0.5) is 0 Å². The van der Waals surface area contributed by atoms with E-state index in [0.717, 1.165) is 51.4 Å². The van der Waals surface area contributed by atoms with Crippen molar-refractivity contribution < 1.29 is 9.59 Å². The van der Waals surface area contributed by atoms with Gasteiger partial charge in [0.05, 0.1) is 6.54 Å². The molecule has 2 amide bonds. The number of hydrogen-bond donors (Lipinski definition) is 3. The molecule has 3 N–H and O–H groups in total. The van der Waals surface area contributed by atoms with Gasteiger partial charge in [-0.2, -0.15) is 0 Å². The van der Waals surface area contributed by atoms with Crippen LogP contribution in [0.15, 0.2) is 4.99 Å². The van der Waals surface area contributed by atoms with Gasteiger partial charge in [-0.1, -0.05) is 6.92 Å². The summed E-state index contributed by atoms with van der Waals surface area (Å²) in [6.45, 7) is 7.90. The first-order chi connectivity index (χ1) is 11.6. The number of nitrogens with zero attached hydrogens (tertiary/aromatic N) is 2. The zero-order valence-electron chi connectivity index (χ0n) is 15.8. The topological polar surface area (TPSA) is 85.8 Å². The Morgan fingerprint density at radius 3 is 2.36 bits per heavy atom. The quantitative estimate of drug-likeness (QED) is 0.286. The second-order valence-corrected chi connectivity index (χ2v) is 6.14. The van der Waals surface area contributed by atoms with Crippen LogP contribution in [0.25, 0.3) is 0 Å². The molecule has 0 aromatic carbocycles. The first-order valence-corrected chi connectivity index (χ1v) is 9.11. The number of likely N-dealkylation sites (tertiary alicyclic amines) is 1. The molecular weight excluding hydrogens is 433 g/mol. The molecule has 0 spiro atoms. The Hall–Kier alpha value is -1.06. The van der Waals surface area contributed by atoms with Gasteiger partial charge in [-0.05, 0) is 32.1 Å². The Labute approximate surface area is 168 Å². The maximum absolute atomic E-state index is 11.6. The van der Waals surface area contributed by atoms with Crippen molar-refractivity contribution in [2.24, 2.45) is 10.9 Å². The largest absolute Gasteiger partial charge is 0.359 e. The molecule has 0 radical (unpaired) electrons. The van der Waals surface area contributed by atoms with Crippen molar-refractivity contribution in [2.45, 2.75) is 46.0 Å². The lowest BCUT2D eigenvalue weighted by Crippen LogP contribution is -2.46. The second-order valence-electron chi connectivity index (χ2n) is 6.14. The van der Waals surface area contributed by atoms with Crippen LogP contribution >= 0.6 is 24.0 Å². The molecule has 146 valence electrons. The van der Waals surface area contributed by atoms with Crippen molar-refractivity contribution in [3.05, 3.63) is 0 Å². The minimum absolute atomic E-state index is 0. The third-order valence-corrected chi connectivity index (χ3v) is 4.17. The van der Waals surface area contributed by atoms with E-state index in [1.54, 1.807) is 7.05 Å². The number of carbonyl (C=O) groups is 2. The summed E-state index contributed by atoms with van der Waals surface area (Å²) in [4.78, 5) is 29.9. The first kappa shape index (κ1) is 23.9. The lowest BCUT2D eigenvalue weighted by Gasteiger charge is -2.34. The SMILES string of the molecule is CCCNC(=O)CCN=C(NCC)N1CCC(CC(=O)NC)CC1.I. The molecule has 0 unspecified atom stereocenters. The Morgan fingerprint density at radius 1 is 1.12 bits per heavy atom. The maximum Gasteiger partial charge on any atom is 0.221 e. The predicted octanol–water partition coefficient (Wildman–Crippen LogP) is 1.33. The molecular formula is C17H34IN5O2. The summed E-state index contributed by atoms with van der Waals surface area (Å²) in [5.74, 6) is 1.50. The first-order valence-electron chi connectivity index (χ1n) is 9.11. The number of nitrogens with one attached hydrogen (secondary N) is 3. The molecule has 25 heavy (non-hydrogen) atoms. The highest BCUT2D eigenvalue weighted by atomic mass is 127. The minimum Gasteiger partial charge on any atom is -0.359 e. The highest BCUT2D eigenvalue weighted by Crippen LogP contribution is 2.20. The predicted molar refractivity (Wildman–Crippen MR) is 112 cm³/mol. The summed E-state index contributed by atoms with van der Waals surface area (Å²) in [6, 6.07) is 0. The Balaban J connectivity index is 0.00000576. The summed E-state index contributed by atoms with van der Waals surface area (Å²) < 4.78 is 0. The van der Waals surface area contributed by atoms with Gasteiger partial charge in [0.1, 0.15) is 0 Å². The molecule has 1 rings (SSSR count). The second kappa shape index (κ2) is 14.1. The average molecular weight is 467 g/mol. The summed E-state index contributed by atoms with van der Waals surface area (Å²) in [5.41, 5.74) is 0. The van der Waals surface area contributed by atoms with E-state index in [1.807, 2.05) is 13.8 Å². The molecule has 1 aliphatic rings. The minimum atomic E-state index is 0. The number of aliphatic imine (C=N–C) groups is 1. The molecule has 0 bridgehead atoms. The fourth-order valence-corrected chi connectivity index (χ4v) is 2.76. The smallest absolute Gasteiger partial charge is 0.221 e. The van der Waals surface area contributed by atoms with Gasteiger partial charge in [0, 0.05) is 46.1 Å². The van der Waals surface area contributed by atoms with Crippen molar-refractivity contribution >= 4 is 41.8 Å². The third-order valence-electron chi connectivity index (χ3n) is 4.17. The lowest BCUT2D eigenvalue weighted by atomic mass is 9.93. The summed E-state index contributed by atoms with van der Waals surface area (Å²) >= 11 is 0. The van der Waals surface area contributed by atoms with Gasteiger partial charge in [-0.3, -0.25) is 14.6 Å². The van der Waals surface area contributed by atoms with Gasteiger partial charge in [-0.15, -0.1) is 24.0 Å². The summed E-state index contributed by atoms with van der Waals surface area (Å²) in [5, 5.41) is 8.86. The molecule has 8 heteroatoms. The molecule has 0 aromatic rings. The Bertz CT molecular complexity index is 423. The molecule has 1 fully saturated rings. The van der Waals surface area contributed by atoms with Crippen molar-refractivity contribution in [1.82, 2.24) is 20.9 Å². The lowest BCUT2D eigenvalue weighted by molar-refractivity contribution is -0.122. The monoisotopic (exact) mass is 467 g/mol. The number of carbonyl (C=O) groups excluding carboxylic acids is 2. The van der Waals surface area contributed by atoms with E-state index in [-0.39, 0.29) is 35.8 Å². The average Bonchev–Trinajstić information content (AvgIpc) is 2.59. The van der Waals surface area contributed by atoms with Crippen LogP contribution in [0.5, 0.6) is 0 Å². The van der Waals surface area contributed by atoms with Crippen molar-refractivity contribution in [3.8, 4) is 0 Å². The Kier molecular flexibility index (Phi) is 13.5. The zero-order chi connectivity index (χ0) is 17.8. The van der Waals surface area contributed by atoms with E-state index in [2.05, 4.69) is 25.8 Å². The summed E-state index contributed by atoms with van der Waals surface area (Å²) in [6.07, 6.45) is 3.96. The van der Waals surface area contributed by atoms with Gasteiger partial charge in [0.15, 0.2) is 5.96 Å². The standard InChI is InChI=1S/C17H33N5O2.HI/c1-4-9-20-15(23)6-10-21-17(19-5-2)22-11-7-14(8-12-22)13-16(24)18-3;/h14H,4-13H2,1-3H3,(H,18,24)(H,19,21)(H,20,23);1H. The molecule has 1 aliphatic heterocycles. The number of halogens is 1. The molecule has 0 aromatic heterocycles. The number of guanidine groups is 1. The van der Waals surface area contributed by atoms with Crippen LogP contribution < -0.4 is 16.0 Å². The number of amides is 2. The van der Waals surface area contributed by atoms with Crippen LogP contribution in [0.2, 0.25) is 0 Å². The number of rotatable bonds is 8. The maximum atomic E-state index is 11.6. The van der Waals surface area contributed by atoms with E-state index in [1.165, 1.54) is 0 Å². The van der Waals surface area contributed by atoms with Crippen LogP contribution in [-0.2, 0) is 9.59 Å². The molecule has 7 nitrogen and oxygen atoms in total. The van der Waals surface area contributed by atoms with E-state index in [9.17, 15) is 9.59 Å². The third kappa shape index (κ3) is 9.86. The number of hydrogen-bond acceptors (Lipinski definition) is 3. The zero-order valence-corrected chi connectivity index (χ0v) is 18.1. The van der Waals surface area contributed by atoms with Crippen molar-refractivity contribution in [3.63, 3.8) is 0 Å². The Morgan fingerprint density at radius 2 is 1.80 bits per heavy atom. The van der Waals surface area contributed by atoms with E-state index in [4.69, 9.17) is 0 Å².